The lowest BCUT2D eigenvalue weighted by Crippen LogP contribution is -2.28. The van der Waals surface area contributed by atoms with E-state index in [9.17, 15) is 9.18 Å². The highest BCUT2D eigenvalue weighted by Gasteiger charge is 2.09. The Balaban J connectivity index is 1.43. The number of aromatic nitrogens is 1. The van der Waals surface area contributed by atoms with Crippen molar-refractivity contribution in [1.82, 2.24) is 10.3 Å². The van der Waals surface area contributed by atoms with Crippen LogP contribution in [-0.2, 0) is 6.54 Å². The highest BCUT2D eigenvalue weighted by atomic mass is 32.1. The van der Waals surface area contributed by atoms with E-state index >= 15 is 0 Å². The van der Waals surface area contributed by atoms with Gasteiger partial charge < -0.3 is 10.6 Å². The Morgan fingerprint density at radius 2 is 1.86 bits per heavy atom. The summed E-state index contributed by atoms with van der Waals surface area (Å²) in [5, 5.41) is 6.59. The zero-order valence-electron chi connectivity index (χ0n) is 15.2. The highest BCUT2D eigenvalue weighted by Crippen LogP contribution is 2.31. The monoisotopic (exact) mass is 391 g/mol. The van der Waals surface area contributed by atoms with Crippen molar-refractivity contribution in [2.75, 3.05) is 5.32 Å². The molecule has 0 atom stereocenters. The number of rotatable bonds is 4. The summed E-state index contributed by atoms with van der Waals surface area (Å²) in [4.78, 5) is 16.8. The van der Waals surface area contributed by atoms with Gasteiger partial charge in [0.1, 0.15) is 10.8 Å². The Labute approximate surface area is 166 Å². The first-order valence-corrected chi connectivity index (χ1v) is 9.66. The molecule has 0 spiro atoms. The van der Waals surface area contributed by atoms with E-state index in [1.807, 2.05) is 43.3 Å². The second-order valence-corrected chi connectivity index (χ2v) is 7.48. The molecule has 0 unspecified atom stereocenters. The summed E-state index contributed by atoms with van der Waals surface area (Å²) in [6.07, 6.45) is 0. The molecule has 28 heavy (non-hydrogen) atoms. The summed E-state index contributed by atoms with van der Waals surface area (Å²) in [6.45, 7) is 2.28. The van der Waals surface area contributed by atoms with Crippen LogP contribution in [0, 0.1) is 12.7 Å². The summed E-state index contributed by atoms with van der Waals surface area (Å²) in [7, 11) is 0. The van der Waals surface area contributed by atoms with Gasteiger partial charge in [0.2, 0.25) is 0 Å². The molecule has 0 aliphatic carbocycles. The van der Waals surface area contributed by atoms with Gasteiger partial charge in [-0.25, -0.2) is 14.2 Å². The van der Waals surface area contributed by atoms with Crippen LogP contribution in [-0.4, -0.2) is 11.0 Å². The first-order chi connectivity index (χ1) is 13.6. The minimum atomic E-state index is -0.305. The number of aryl methyl sites for hydroxylation is 1. The third-order valence-electron chi connectivity index (χ3n) is 4.38. The largest absolute Gasteiger partial charge is 0.334 e. The number of carbonyl (C=O) groups is 1. The molecule has 0 aliphatic heterocycles. The first-order valence-electron chi connectivity index (χ1n) is 8.84. The molecule has 2 N–H and O–H groups in total. The van der Waals surface area contributed by atoms with Crippen molar-refractivity contribution in [1.29, 1.82) is 0 Å². The summed E-state index contributed by atoms with van der Waals surface area (Å²) < 4.78 is 14.1. The smallest absolute Gasteiger partial charge is 0.319 e. The van der Waals surface area contributed by atoms with Gasteiger partial charge in [0.25, 0.3) is 0 Å². The first kappa shape index (κ1) is 18.1. The number of hydrogen-bond donors (Lipinski definition) is 2. The fourth-order valence-corrected chi connectivity index (χ4v) is 3.85. The number of amides is 2. The Bertz CT molecular complexity index is 1110. The molecule has 0 saturated carbocycles. The van der Waals surface area contributed by atoms with Gasteiger partial charge in [-0.2, -0.15) is 0 Å². The van der Waals surface area contributed by atoms with Crippen molar-refractivity contribution >= 4 is 33.3 Å². The standard InChI is InChI=1S/C22H18FN3OS/c1-14-12-16(21-25-19-4-2-3-5-20(19)28-21)8-11-18(14)26-22(27)24-13-15-6-9-17(23)10-7-15/h2-12H,13H2,1H3,(H2,24,26,27). The average Bonchev–Trinajstić information content (AvgIpc) is 3.13. The number of carbonyl (C=O) groups excluding carboxylic acids is 1. The second-order valence-electron chi connectivity index (χ2n) is 6.45. The van der Waals surface area contributed by atoms with Gasteiger partial charge in [-0.3, -0.25) is 0 Å². The summed E-state index contributed by atoms with van der Waals surface area (Å²) >= 11 is 1.65. The molecule has 4 rings (SSSR count). The maximum Gasteiger partial charge on any atom is 0.319 e. The summed E-state index contributed by atoms with van der Waals surface area (Å²) in [6, 6.07) is 19.7. The van der Waals surface area contributed by atoms with E-state index in [0.717, 1.165) is 37.6 Å². The highest BCUT2D eigenvalue weighted by molar-refractivity contribution is 7.21. The van der Waals surface area contributed by atoms with Crippen molar-refractivity contribution in [2.45, 2.75) is 13.5 Å². The number of para-hydroxylation sites is 1. The predicted octanol–water partition coefficient (Wildman–Crippen LogP) is 5.73. The maximum absolute atomic E-state index is 12.9. The van der Waals surface area contributed by atoms with E-state index < -0.39 is 0 Å². The third kappa shape index (κ3) is 4.02. The molecular weight excluding hydrogens is 373 g/mol. The number of benzene rings is 3. The lowest BCUT2D eigenvalue weighted by Gasteiger charge is -2.11. The molecule has 4 aromatic rings. The fourth-order valence-electron chi connectivity index (χ4n) is 2.88. The third-order valence-corrected chi connectivity index (χ3v) is 5.47. The van der Waals surface area contributed by atoms with Crippen LogP contribution in [0.4, 0.5) is 14.9 Å². The van der Waals surface area contributed by atoms with Gasteiger partial charge in [-0.1, -0.05) is 24.3 Å². The number of urea groups is 1. The van der Waals surface area contributed by atoms with Crippen LogP contribution in [0.1, 0.15) is 11.1 Å². The van der Waals surface area contributed by atoms with Crippen LogP contribution in [0.15, 0.2) is 66.7 Å². The van der Waals surface area contributed by atoms with Crippen LogP contribution in [0.2, 0.25) is 0 Å². The molecule has 0 fully saturated rings. The van der Waals surface area contributed by atoms with Crippen molar-refractivity contribution in [3.63, 3.8) is 0 Å². The molecule has 0 bridgehead atoms. The van der Waals surface area contributed by atoms with Crippen molar-refractivity contribution in [3.8, 4) is 10.6 Å². The maximum atomic E-state index is 12.9. The Kier molecular flexibility index (Phi) is 5.04. The van der Waals surface area contributed by atoms with Gasteiger partial charge in [0, 0.05) is 17.8 Å². The number of halogens is 1. The SMILES string of the molecule is Cc1cc(-c2nc3ccccc3s2)ccc1NC(=O)NCc1ccc(F)cc1. The number of fused-ring (bicyclic) bond motifs is 1. The van der Waals surface area contributed by atoms with Crippen LogP contribution >= 0.6 is 11.3 Å². The molecule has 140 valence electrons. The number of nitrogens with one attached hydrogen (secondary N) is 2. The zero-order valence-corrected chi connectivity index (χ0v) is 16.0. The quantitative estimate of drug-likeness (QED) is 0.467. The van der Waals surface area contributed by atoms with Crippen LogP contribution < -0.4 is 10.6 Å². The Morgan fingerprint density at radius 3 is 2.61 bits per heavy atom. The summed E-state index contributed by atoms with van der Waals surface area (Å²) in [5.41, 5.74) is 4.54. The molecule has 4 nitrogen and oxygen atoms in total. The molecule has 0 saturated heterocycles. The number of thiazole rings is 1. The van der Waals surface area contributed by atoms with E-state index in [1.54, 1.807) is 23.5 Å². The topological polar surface area (TPSA) is 54.0 Å². The molecule has 1 aromatic heterocycles. The Morgan fingerprint density at radius 1 is 1.07 bits per heavy atom. The number of anilines is 1. The van der Waals surface area contributed by atoms with Crippen molar-refractivity contribution in [2.24, 2.45) is 0 Å². The van der Waals surface area contributed by atoms with Gasteiger partial charge in [0.15, 0.2) is 0 Å². The van der Waals surface area contributed by atoms with E-state index in [4.69, 9.17) is 0 Å². The van der Waals surface area contributed by atoms with E-state index in [1.165, 1.54) is 12.1 Å². The molecule has 0 radical (unpaired) electrons. The van der Waals surface area contributed by atoms with Gasteiger partial charge in [-0.05, 0) is 60.5 Å². The van der Waals surface area contributed by atoms with Crippen molar-refractivity contribution in [3.05, 3.63) is 83.7 Å². The normalized spacial score (nSPS) is 10.8. The number of hydrogen-bond acceptors (Lipinski definition) is 3. The summed E-state index contributed by atoms with van der Waals surface area (Å²) in [5.74, 6) is -0.294. The average molecular weight is 391 g/mol. The van der Waals surface area contributed by atoms with E-state index in [2.05, 4.69) is 21.7 Å². The molecule has 1 heterocycles. The van der Waals surface area contributed by atoms with E-state index in [0.29, 0.717) is 6.54 Å². The predicted molar refractivity (Wildman–Crippen MR) is 112 cm³/mol. The fraction of sp³-hybridized carbons (Fsp3) is 0.0909. The molecular formula is C22H18FN3OS. The van der Waals surface area contributed by atoms with Crippen LogP contribution in [0.3, 0.4) is 0 Å². The Hall–Kier alpha value is -3.25. The van der Waals surface area contributed by atoms with Gasteiger partial charge in [-0.15, -0.1) is 11.3 Å². The zero-order chi connectivity index (χ0) is 19.5. The van der Waals surface area contributed by atoms with E-state index in [-0.39, 0.29) is 11.8 Å². The lowest BCUT2D eigenvalue weighted by molar-refractivity contribution is 0.251. The number of nitrogens with zero attached hydrogens (tertiary/aromatic N) is 1. The minimum Gasteiger partial charge on any atom is -0.334 e. The lowest BCUT2D eigenvalue weighted by atomic mass is 10.1. The molecule has 6 heteroatoms. The minimum absolute atomic E-state index is 0.294. The van der Waals surface area contributed by atoms with Crippen molar-refractivity contribution < 1.29 is 9.18 Å². The molecule has 0 aliphatic rings. The molecule has 3 aromatic carbocycles. The van der Waals surface area contributed by atoms with Crippen LogP contribution in [0.5, 0.6) is 0 Å². The van der Waals surface area contributed by atoms with Gasteiger partial charge in [0.05, 0.1) is 10.2 Å². The molecule has 2 amide bonds. The van der Waals surface area contributed by atoms with Crippen LogP contribution in [0.25, 0.3) is 20.8 Å². The second kappa shape index (κ2) is 7.78. The van der Waals surface area contributed by atoms with Gasteiger partial charge >= 0.3 is 6.03 Å².